The zero-order valence-electron chi connectivity index (χ0n) is 10.5. The third-order valence-electron chi connectivity index (χ3n) is 3.68. The van der Waals surface area contributed by atoms with Gasteiger partial charge in [0.25, 0.3) is 0 Å². The Morgan fingerprint density at radius 3 is 2.53 bits per heavy atom. The summed E-state index contributed by atoms with van der Waals surface area (Å²) < 4.78 is 5.25. The van der Waals surface area contributed by atoms with Gasteiger partial charge in [-0.1, -0.05) is 26.2 Å². The minimum Gasteiger partial charge on any atom is -0.385 e. The largest absolute Gasteiger partial charge is 0.385 e. The summed E-state index contributed by atoms with van der Waals surface area (Å²) in [5.41, 5.74) is 0.545. The predicted octanol–water partition coefficient (Wildman–Crippen LogP) is 2.97. The van der Waals surface area contributed by atoms with Gasteiger partial charge in [0.05, 0.1) is 0 Å². The molecule has 0 aromatic heterocycles. The molecule has 2 nitrogen and oxygen atoms in total. The Labute approximate surface area is 94.8 Å². The van der Waals surface area contributed by atoms with Gasteiger partial charge < -0.3 is 10.1 Å². The van der Waals surface area contributed by atoms with E-state index in [1.54, 1.807) is 0 Å². The molecule has 1 N–H and O–H groups in total. The summed E-state index contributed by atoms with van der Waals surface area (Å²) in [5.74, 6) is 0. The van der Waals surface area contributed by atoms with Crippen molar-refractivity contribution < 1.29 is 4.74 Å². The van der Waals surface area contributed by atoms with Crippen LogP contribution in [0.3, 0.4) is 0 Å². The average Bonchev–Trinajstić information content (AvgIpc) is 2.28. The average molecular weight is 213 g/mol. The van der Waals surface area contributed by atoms with E-state index in [0.29, 0.717) is 5.41 Å². The lowest BCUT2D eigenvalue weighted by atomic mass is 9.72. The molecule has 0 aromatic carbocycles. The fourth-order valence-electron chi connectivity index (χ4n) is 2.67. The van der Waals surface area contributed by atoms with Crippen LogP contribution in [0, 0.1) is 5.41 Å². The van der Waals surface area contributed by atoms with Gasteiger partial charge in [-0.25, -0.2) is 0 Å². The molecule has 0 spiro atoms. The van der Waals surface area contributed by atoms with Crippen molar-refractivity contribution in [1.82, 2.24) is 5.32 Å². The lowest BCUT2D eigenvalue weighted by Gasteiger charge is -2.37. The molecule has 0 amide bonds. The fraction of sp³-hybridized carbons (Fsp3) is 1.00. The monoisotopic (exact) mass is 213 g/mol. The molecule has 2 heteroatoms. The molecule has 0 unspecified atom stereocenters. The second kappa shape index (κ2) is 7.24. The first-order valence-corrected chi connectivity index (χ1v) is 6.53. The Hall–Kier alpha value is -0.0800. The molecule has 0 aromatic rings. The summed E-state index contributed by atoms with van der Waals surface area (Å²) in [6.07, 6.45) is 9.53. The predicted molar refractivity (Wildman–Crippen MR) is 65.2 cm³/mol. The van der Waals surface area contributed by atoms with Crippen molar-refractivity contribution >= 4 is 0 Å². The molecule has 90 valence electrons. The first-order chi connectivity index (χ1) is 7.33. The first kappa shape index (κ1) is 13.0. The van der Waals surface area contributed by atoms with Crippen molar-refractivity contribution in [1.29, 1.82) is 0 Å². The van der Waals surface area contributed by atoms with Crippen LogP contribution in [0.15, 0.2) is 0 Å². The summed E-state index contributed by atoms with van der Waals surface area (Å²) in [6, 6.07) is 0. The Morgan fingerprint density at radius 2 is 1.93 bits per heavy atom. The molecule has 0 bridgehead atoms. The molecule has 1 fully saturated rings. The van der Waals surface area contributed by atoms with E-state index in [4.69, 9.17) is 4.74 Å². The van der Waals surface area contributed by atoms with E-state index in [-0.39, 0.29) is 0 Å². The standard InChI is InChI=1S/C13H27NO/c1-3-10-14-12-13(9-11-15-2)7-5-4-6-8-13/h14H,3-12H2,1-2H3. The Morgan fingerprint density at radius 1 is 1.20 bits per heavy atom. The Balaban J connectivity index is 2.35. The van der Waals surface area contributed by atoms with Crippen LogP contribution in [0.5, 0.6) is 0 Å². The van der Waals surface area contributed by atoms with Gasteiger partial charge in [-0.05, 0) is 37.6 Å². The van der Waals surface area contributed by atoms with Crippen molar-refractivity contribution in [2.75, 3.05) is 26.8 Å². The zero-order chi connectivity index (χ0) is 11.0. The molecule has 1 rings (SSSR count). The molecule has 0 heterocycles. The molecule has 0 atom stereocenters. The maximum absolute atomic E-state index is 5.25. The molecule has 0 radical (unpaired) electrons. The molecule has 1 saturated carbocycles. The molecule has 0 saturated heterocycles. The highest BCUT2D eigenvalue weighted by molar-refractivity contribution is 4.84. The van der Waals surface area contributed by atoms with Crippen LogP contribution < -0.4 is 5.32 Å². The van der Waals surface area contributed by atoms with Crippen molar-refractivity contribution in [3.63, 3.8) is 0 Å². The zero-order valence-corrected chi connectivity index (χ0v) is 10.5. The number of nitrogens with one attached hydrogen (secondary N) is 1. The van der Waals surface area contributed by atoms with Crippen LogP contribution in [0.2, 0.25) is 0 Å². The van der Waals surface area contributed by atoms with Crippen molar-refractivity contribution in [2.24, 2.45) is 5.41 Å². The van der Waals surface area contributed by atoms with Crippen LogP contribution in [0.25, 0.3) is 0 Å². The molecule has 1 aliphatic carbocycles. The van der Waals surface area contributed by atoms with Crippen molar-refractivity contribution in [2.45, 2.75) is 51.9 Å². The maximum Gasteiger partial charge on any atom is 0.0468 e. The van der Waals surface area contributed by atoms with Crippen LogP contribution in [-0.2, 0) is 4.74 Å². The molecule has 1 aliphatic rings. The van der Waals surface area contributed by atoms with Gasteiger partial charge in [0.2, 0.25) is 0 Å². The molecule has 0 aliphatic heterocycles. The van der Waals surface area contributed by atoms with Crippen LogP contribution >= 0.6 is 0 Å². The second-order valence-corrected chi connectivity index (χ2v) is 4.98. The van der Waals surface area contributed by atoms with Crippen LogP contribution in [0.1, 0.15) is 51.9 Å². The van der Waals surface area contributed by atoms with E-state index in [1.165, 1.54) is 51.5 Å². The van der Waals surface area contributed by atoms with E-state index >= 15 is 0 Å². The normalized spacial score (nSPS) is 20.4. The number of ether oxygens (including phenoxy) is 1. The quantitative estimate of drug-likeness (QED) is 0.656. The summed E-state index contributed by atoms with van der Waals surface area (Å²) in [5, 5.41) is 3.60. The lowest BCUT2D eigenvalue weighted by molar-refractivity contribution is 0.101. The minimum atomic E-state index is 0.545. The summed E-state index contributed by atoms with van der Waals surface area (Å²) in [7, 11) is 1.82. The molecular formula is C13H27NO. The SMILES string of the molecule is CCCNCC1(CCOC)CCCCC1. The minimum absolute atomic E-state index is 0.545. The van der Waals surface area contributed by atoms with Crippen molar-refractivity contribution in [3.05, 3.63) is 0 Å². The van der Waals surface area contributed by atoms with E-state index in [9.17, 15) is 0 Å². The highest BCUT2D eigenvalue weighted by atomic mass is 16.5. The van der Waals surface area contributed by atoms with Gasteiger partial charge in [0, 0.05) is 20.3 Å². The number of rotatable bonds is 7. The lowest BCUT2D eigenvalue weighted by Crippen LogP contribution is -2.37. The summed E-state index contributed by atoms with van der Waals surface area (Å²) >= 11 is 0. The Kier molecular flexibility index (Phi) is 6.26. The highest BCUT2D eigenvalue weighted by Crippen LogP contribution is 2.38. The number of methoxy groups -OCH3 is 1. The van der Waals surface area contributed by atoms with E-state index in [2.05, 4.69) is 12.2 Å². The Bertz CT molecular complexity index is 153. The maximum atomic E-state index is 5.25. The van der Waals surface area contributed by atoms with Gasteiger partial charge in [-0.2, -0.15) is 0 Å². The van der Waals surface area contributed by atoms with Gasteiger partial charge in [0.1, 0.15) is 0 Å². The second-order valence-electron chi connectivity index (χ2n) is 4.98. The van der Waals surface area contributed by atoms with E-state index in [0.717, 1.165) is 13.2 Å². The summed E-state index contributed by atoms with van der Waals surface area (Å²) in [6.45, 7) is 5.52. The van der Waals surface area contributed by atoms with Crippen LogP contribution in [-0.4, -0.2) is 26.8 Å². The third kappa shape index (κ3) is 4.52. The topological polar surface area (TPSA) is 21.3 Å². The highest BCUT2D eigenvalue weighted by Gasteiger charge is 2.30. The van der Waals surface area contributed by atoms with Gasteiger partial charge >= 0.3 is 0 Å². The smallest absolute Gasteiger partial charge is 0.0468 e. The van der Waals surface area contributed by atoms with Gasteiger partial charge in [-0.3, -0.25) is 0 Å². The van der Waals surface area contributed by atoms with Gasteiger partial charge in [0.15, 0.2) is 0 Å². The number of hydrogen-bond donors (Lipinski definition) is 1. The van der Waals surface area contributed by atoms with Crippen molar-refractivity contribution in [3.8, 4) is 0 Å². The number of hydrogen-bond acceptors (Lipinski definition) is 2. The third-order valence-corrected chi connectivity index (χ3v) is 3.68. The van der Waals surface area contributed by atoms with Gasteiger partial charge in [-0.15, -0.1) is 0 Å². The fourth-order valence-corrected chi connectivity index (χ4v) is 2.67. The summed E-state index contributed by atoms with van der Waals surface area (Å²) in [4.78, 5) is 0. The van der Waals surface area contributed by atoms with Crippen LogP contribution in [0.4, 0.5) is 0 Å². The van der Waals surface area contributed by atoms with E-state index in [1.807, 2.05) is 7.11 Å². The molecular weight excluding hydrogens is 186 g/mol. The first-order valence-electron chi connectivity index (χ1n) is 6.53. The molecule has 15 heavy (non-hydrogen) atoms. The van der Waals surface area contributed by atoms with E-state index < -0.39 is 0 Å².